The summed E-state index contributed by atoms with van der Waals surface area (Å²) in [6.07, 6.45) is 1.24. The van der Waals surface area contributed by atoms with Crippen molar-refractivity contribution in [2.24, 2.45) is 4.99 Å². The second-order valence-corrected chi connectivity index (χ2v) is 3.97. The lowest BCUT2D eigenvalue weighted by Gasteiger charge is -2.19. The molecule has 0 saturated heterocycles. The Hall–Kier alpha value is -1.16. The van der Waals surface area contributed by atoms with Crippen molar-refractivity contribution < 1.29 is 13.5 Å². The van der Waals surface area contributed by atoms with E-state index in [0.29, 0.717) is 0 Å². The minimum Gasteiger partial charge on any atom is -0.481 e. The third-order valence-electron chi connectivity index (χ3n) is 2.37. The zero-order chi connectivity index (χ0) is 11.1. The van der Waals surface area contributed by atoms with Gasteiger partial charge in [-0.15, -0.1) is 0 Å². The molecule has 0 amide bonds. The van der Waals surface area contributed by atoms with Crippen molar-refractivity contribution in [3.05, 3.63) is 34.4 Å². The molecule has 0 bridgehead atoms. The molecular weight excluding hydrogens is 224 g/mol. The normalized spacial score (nSPS) is 24.3. The number of aliphatic imine (C=N–C) groups is 1. The zero-order valence-corrected chi connectivity index (χ0v) is 8.68. The fraction of sp³-hybridized carbons (Fsp3) is 0.300. The van der Waals surface area contributed by atoms with Crippen molar-refractivity contribution in [3.8, 4) is 0 Å². The molecule has 1 aromatic carbocycles. The average Bonchev–Trinajstić information content (AvgIpc) is 2.60. The molecule has 0 radical (unpaired) electrons. The van der Waals surface area contributed by atoms with Crippen LogP contribution in [0.15, 0.2) is 17.1 Å². The molecule has 1 heterocycles. The standard InChI is InChI=1S/C10H8ClF2NO/c1-10(4-15-5-14-10)6-2-9(13)7(11)3-8(6)12/h2-3,5H,4H2,1H3. The van der Waals surface area contributed by atoms with Gasteiger partial charge in [0, 0.05) is 5.56 Å². The maximum Gasteiger partial charge on any atom is 0.170 e. The smallest absolute Gasteiger partial charge is 0.170 e. The predicted molar refractivity (Wildman–Crippen MR) is 53.2 cm³/mol. The van der Waals surface area contributed by atoms with Crippen molar-refractivity contribution in [3.63, 3.8) is 0 Å². The molecule has 80 valence electrons. The van der Waals surface area contributed by atoms with Gasteiger partial charge in [-0.05, 0) is 19.1 Å². The monoisotopic (exact) mass is 231 g/mol. The quantitative estimate of drug-likeness (QED) is 0.681. The van der Waals surface area contributed by atoms with Crippen LogP contribution in [-0.4, -0.2) is 13.0 Å². The highest BCUT2D eigenvalue weighted by molar-refractivity contribution is 6.30. The van der Waals surface area contributed by atoms with E-state index in [1.165, 1.54) is 6.40 Å². The summed E-state index contributed by atoms with van der Waals surface area (Å²) in [5.41, 5.74) is -0.714. The van der Waals surface area contributed by atoms with Crippen molar-refractivity contribution >= 4 is 18.0 Å². The first-order chi connectivity index (χ1) is 7.03. The molecule has 0 N–H and O–H groups in total. The number of ether oxygens (including phenoxy) is 1. The lowest BCUT2D eigenvalue weighted by atomic mass is 9.93. The number of nitrogens with zero attached hydrogens (tertiary/aromatic N) is 1. The fourth-order valence-electron chi connectivity index (χ4n) is 1.47. The maximum absolute atomic E-state index is 13.5. The Bertz CT molecular complexity index is 436. The van der Waals surface area contributed by atoms with Crippen molar-refractivity contribution in [1.29, 1.82) is 0 Å². The first-order valence-electron chi connectivity index (χ1n) is 4.33. The van der Waals surface area contributed by atoms with E-state index in [4.69, 9.17) is 16.3 Å². The molecule has 1 unspecified atom stereocenters. The summed E-state index contributed by atoms with van der Waals surface area (Å²) in [7, 11) is 0. The van der Waals surface area contributed by atoms with Crippen LogP contribution in [0.1, 0.15) is 12.5 Å². The fourth-order valence-corrected chi connectivity index (χ4v) is 1.62. The van der Waals surface area contributed by atoms with Crippen molar-refractivity contribution in [1.82, 2.24) is 0 Å². The Morgan fingerprint density at radius 2 is 2.13 bits per heavy atom. The molecule has 0 aromatic heterocycles. The second-order valence-electron chi connectivity index (χ2n) is 3.57. The van der Waals surface area contributed by atoms with Gasteiger partial charge in [0.15, 0.2) is 6.40 Å². The highest BCUT2D eigenvalue weighted by Gasteiger charge is 2.33. The summed E-state index contributed by atoms with van der Waals surface area (Å²) in [5.74, 6) is -1.23. The Kier molecular flexibility index (Phi) is 2.38. The van der Waals surface area contributed by atoms with Gasteiger partial charge < -0.3 is 4.74 Å². The number of halogens is 3. The van der Waals surface area contributed by atoms with Crippen LogP contribution >= 0.6 is 11.6 Å². The number of hydrogen-bond acceptors (Lipinski definition) is 2. The maximum atomic E-state index is 13.5. The molecule has 1 aromatic rings. The minimum absolute atomic E-state index is 0.151. The minimum atomic E-state index is -0.866. The largest absolute Gasteiger partial charge is 0.481 e. The lowest BCUT2D eigenvalue weighted by Crippen LogP contribution is -2.22. The van der Waals surface area contributed by atoms with Crippen LogP contribution in [-0.2, 0) is 10.3 Å². The van der Waals surface area contributed by atoms with Crippen LogP contribution in [0.2, 0.25) is 5.02 Å². The van der Waals surface area contributed by atoms with Gasteiger partial charge in [-0.2, -0.15) is 0 Å². The summed E-state index contributed by atoms with van der Waals surface area (Å²) in [5, 5.41) is -0.234. The third kappa shape index (κ3) is 1.69. The van der Waals surface area contributed by atoms with Crippen molar-refractivity contribution in [2.75, 3.05) is 6.61 Å². The molecule has 1 aliphatic rings. The van der Waals surface area contributed by atoms with Crippen molar-refractivity contribution in [2.45, 2.75) is 12.5 Å². The molecule has 1 atom stereocenters. The molecule has 1 aliphatic heterocycles. The van der Waals surface area contributed by atoms with Crippen LogP contribution in [0.25, 0.3) is 0 Å². The van der Waals surface area contributed by atoms with Gasteiger partial charge in [-0.3, -0.25) is 0 Å². The summed E-state index contributed by atoms with van der Waals surface area (Å²) >= 11 is 5.45. The Labute approximate surface area is 90.5 Å². The van der Waals surface area contributed by atoms with Crippen LogP contribution in [0.5, 0.6) is 0 Å². The highest BCUT2D eigenvalue weighted by atomic mass is 35.5. The molecule has 0 aliphatic carbocycles. The van der Waals surface area contributed by atoms with E-state index in [9.17, 15) is 8.78 Å². The molecule has 2 nitrogen and oxygen atoms in total. The first-order valence-corrected chi connectivity index (χ1v) is 4.71. The Balaban J connectivity index is 2.53. The SMILES string of the molecule is CC1(c2cc(F)c(Cl)cc2F)COC=N1. The Morgan fingerprint density at radius 3 is 2.73 bits per heavy atom. The lowest BCUT2D eigenvalue weighted by molar-refractivity contribution is 0.271. The van der Waals surface area contributed by atoms with E-state index >= 15 is 0 Å². The van der Waals surface area contributed by atoms with Gasteiger partial charge in [0.2, 0.25) is 0 Å². The number of rotatable bonds is 1. The molecule has 5 heteroatoms. The van der Waals surface area contributed by atoms with Gasteiger partial charge in [0.05, 0.1) is 5.02 Å². The number of benzene rings is 1. The summed E-state index contributed by atoms with van der Waals surface area (Å²) in [6.45, 7) is 1.87. The molecule has 0 spiro atoms. The zero-order valence-electron chi connectivity index (χ0n) is 7.93. The molecule has 0 fully saturated rings. The van der Waals surface area contributed by atoms with Crippen LogP contribution in [0.4, 0.5) is 8.78 Å². The molecule has 0 saturated carbocycles. The van der Waals surface area contributed by atoms with E-state index in [0.717, 1.165) is 12.1 Å². The van der Waals surface area contributed by atoms with E-state index in [1.54, 1.807) is 6.92 Å². The topological polar surface area (TPSA) is 21.6 Å². The van der Waals surface area contributed by atoms with Gasteiger partial charge in [0.25, 0.3) is 0 Å². The van der Waals surface area contributed by atoms with Crippen LogP contribution in [0.3, 0.4) is 0 Å². The second kappa shape index (κ2) is 3.45. The van der Waals surface area contributed by atoms with Crippen LogP contribution < -0.4 is 0 Å². The summed E-state index contributed by atoms with van der Waals surface area (Å²) in [4.78, 5) is 3.97. The summed E-state index contributed by atoms with van der Waals surface area (Å²) in [6, 6.07) is 2.01. The van der Waals surface area contributed by atoms with Gasteiger partial charge in [-0.1, -0.05) is 11.6 Å². The van der Waals surface area contributed by atoms with Crippen LogP contribution in [0, 0.1) is 11.6 Å². The molecular formula is C10H8ClF2NO. The van der Waals surface area contributed by atoms with Gasteiger partial charge in [-0.25, -0.2) is 13.8 Å². The first kappa shape index (κ1) is 10.4. The number of hydrogen-bond donors (Lipinski definition) is 0. The molecule has 15 heavy (non-hydrogen) atoms. The van der Waals surface area contributed by atoms with E-state index in [-0.39, 0.29) is 17.2 Å². The van der Waals surface area contributed by atoms with E-state index in [1.807, 2.05) is 0 Å². The Morgan fingerprint density at radius 1 is 1.40 bits per heavy atom. The highest BCUT2D eigenvalue weighted by Crippen LogP contribution is 2.32. The summed E-state index contributed by atoms with van der Waals surface area (Å²) < 4.78 is 31.7. The predicted octanol–water partition coefficient (Wildman–Crippen LogP) is 2.89. The van der Waals surface area contributed by atoms with Gasteiger partial charge >= 0.3 is 0 Å². The van der Waals surface area contributed by atoms with E-state index < -0.39 is 17.2 Å². The third-order valence-corrected chi connectivity index (χ3v) is 2.66. The van der Waals surface area contributed by atoms with E-state index in [2.05, 4.69) is 4.99 Å². The molecule has 2 rings (SSSR count). The van der Waals surface area contributed by atoms with Gasteiger partial charge in [0.1, 0.15) is 23.8 Å². The average molecular weight is 232 g/mol.